The summed E-state index contributed by atoms with van der Waals surface area (Å²) < 4.78 is 0. The van der Waals surface area contributed by atoms with Gasteiger partial charge in [0.05, 0.1) is 17.7 Å². The second-order valence-electron chi connectivity index (χ2n) is 4.40. The third kappa shape index (κ3) is 3.40. The van der Waals surface area contributed by atoms with Gasteiger partial charge in [0.1, 0.15) is 0 Å². The Kier molecular flexibility index (Phi) is 4.29. The zero-order chi connectivity index (χ0) is 11.9. The highest BCUT2D eigenvalue weighted by atomic mass is 14.8. The van der Waals surface area contributed by atoms with E-state index in [0.717, 1.165) is 11.3 Å². The molecule has 0 saturated heterocycles. The van der Waals surface area contributed by atoms with Crippen molar-refractivity contribution in [2.45, 2.75) is 38.1 Å². The molecular formula is C15H18N2. The number of para-hydroxylation sites is 1. The van der Waals surface area contributed by atoms with Crippen LogP contribution in [0.5, 0.6) is 0 Å². The Labute approximate surface area is 103 Å². The predicted molar refractivity (Wildman–Crippen MR) is 72.9 cm³/mol. The van der Waals surface area contributed by atoms with E-state index in [4.69, 9.17) is 0 Å². The number of aliphatic imine (C=N–C) groups is 2. The van der Waals surface area contributed by atoms with Crippen LogP contribution in [-0.2, 0) is 0 Å². The van der Waals surface area contributed by atoms with Crippen LogP contribution in [0.2, 0.25) is 0 Å². The molecule has 0 aliphatic heterocycles. The van der Waals surface area contributed by atoms with Gasteiger partial charge in [-0.3, -0.25) is 0 Å². The lowest BCUT2D eigenvalue weighted by molar-refractivity contribution is 0.444. The van der Waals surface area contributed by atoms with Gasteiger partial charge in [0.15, 0.2) is 0 Å². The van der Waals surface area contributed by atoms with Crippen LogP contribution in [0.25, 0.3) is 6.08 Å². The Morgan fingerprint density at radius 1 is 1.18 bits per heavy atom. The van der Waals surface area contributed by atoms with Gasteiger partial charge in [-0.25, -0.2) is 4.99 Å². The summed E-state index contributed by atoms with van der Waals surface area (Å²) in [5.74, 6) is 0. The Bertz CT molecular complexity index is 436. The van der Waals surface area contributed by atoms with E-state index in [1.165, 1.54) is 32.1 Å². The van der Waals surface area contributed by atoms with Crippen molar-refractivity contribution in [2.24, 2.45) is 9.98 Å². The fourth-order valence-corrected chi connectivity index (χ4v) is 2.14. The Balaban J connectivity index is 2.08. The van der Waals surface area contributed by atoms with Crippen LogP contribution in [0.15, 0.2) is 40.8 Å². The molecule has 1 aromatic carbocycles. The van der Waals surface area contributed by atoms with Gasteiger partial charge in [-0.15, -0.1) is 0 Å². The van der Waals surface area contributed by atoms with Gasteiger partial charge in [0.25, 0.3) is 0 Å². The summed E-state index contributed by atoms with van der Waals surface area (Å²) in [5.41, 5.74) is 1.92. The van der Waals surface area contributed by atoms with E-state index in [1.807, 2.05) is 24.3 Å². The standard InChI is InChI=1S/C15H18N2/c1-2-13-8-6-7-11-15(13)17-12-16-14-9-4-3-5-10-14/h2,6-8,11,14H,1,3-5,9-10H2. The van der Waals surface area contributed by atoms with Crippen LogP contribution in [-0.4, -0.2) is 12.1 Å². The van der Waals surface area contributed by atoms with Crippen LogP contribution >= 0.6 is 0 Å². The molecular weight excluding hydrogens is 208 g/mol. The summed E-state index contributed by atoms with van der Waals surface area (Å²) in [7, 11) is 0. The predicted octanol–water partition coefficient (Wildman–Crippen LogP) is 4.47. The molecule has 1 saturated carbocycles. The van der Waals surface area contributed by atoms with E-state index in [9.17, 15) is 0 Å². The van der Waals surface area contributed by atoms with Crippen molar-refractivity contribution in [1.29, 1.82) is 0 Å². The molecule has 0 aromatic heterocycles. The third-order valence-electron chi connectivity index (χ3n) is 3.14. The lowest BCUT2D eigenvalue weighted by Crippen LogP contribution is -2.08. The highest BCUT2D eigenvalue weighted by molar-refractivity contribution is 5.66. The molecule has 1 fully saturated rings. The summed E-state index contributed by atoms with van der Waals surface area (Å²) in [4.78, 5) is 8.69. The zero-order valence-corrected chi connectivity index (χ0v) is 10.1. The fraction of sp³-hybridized carbons (Fsp3) is 0.400. The van der Waals surface area contributed by atoms with Crippen molar-refractivity contribution in [3.8, 4) is 0 Å². The quantitative estimate of drug-likeness (QED) is 0.679. The van der Waals surface area contributed by atoms with E-state index in [0.29, 0.717) is 6.04 Å². The Hall–Kier alpha value is -1.66. The van der Waals surface area contributed by atoms with E-state index < -0.39 is 0 Å². The summed E-state index contributed by atoms with van der Waals surface area (Å²) in [6.07, 6.45) is 8.11. The van der Waals surface area contributed by atoms with Crippen molar-refractivity contribution in [3.05, 3.63) is 36.4 Å². The van der Waals surface area contributed by atoms with Crippen molar-refractivity contribution in [3.63, 3.8) is 0 Å². The van der Waals surface area contributed by atoms with Crippen molar-refractivity contribution in [1.82, 2.24) is 0 Å². The van der Waals surface area contributed by atoms with Crippen LogP contribution in [0.3, 0.4) is 0 Å². The average Bonchev–Trinajstić information content (AvgIpc) is 2.40. The second kappa shape index (κ2) is 6.17. The number of hydrogen-bond donors (Lipinski definition) is 0. The first-order chi connectivity index (χ1) is 8.40. The van der Waals surface area contributed by atoms with Gasteiger partial charge in [-0.1, -0.05) is 50.1 Å². The van der Waals surface area contributed by atoms with Crippen LogP contribution in [0.4, 0.5) is 5.69 Å². The van der Waals surface area contributed by atoms with E-state index in [2.05, 4.69) is 22.6 Å². The van der Waals surface area contributed by atoms with E-state index in [1.54, 1.807) is 6.08 Å². The highest BCUT2D eigenvalue weighted by Gasteiger charge is 2.10. The number of benzene rings is 1. The average molecular weight is 226 g/mol. The van der Waals surface area contributed by atoms with Crippen molar-refractivity contribution < 1.29 is 0 Å². The minimum absolute atomic E-state index is 0.434. The van der Waals surface area contributed by atoms with Gasteiger partial charge in [-0.05, 0) is 18.9 Å². The second-order valence-corrected chi connectivity index (χ2v) is 4.40. The third-order valence-corrected chi connectivity index (χ3v) is 3.14. The normalized spacial score (nSPS) is 16.0. The van der Waals surface area contributed by atoms with Gasteiger partial charge >= 0.3 is 0 Å². The van der Waals surface area contributed by atoms with E-state index in [-0.39, 0.29) is 0 Å². The molecule has 0 radical (unpaired) electrons. The molecule has 1 aromatic rings. The fourth-order valence-electron chi connectivity index (χ4n) is 2.14. The molecule has 88 valence electrons. The molecule has 0 amide bonds. The van der Waals surface area contributed by atoms with Gasteiger partial charge in [0.2, 0.25) is 0 Å². The summed E-state index contributed by atoms with van der Waals surface area (Å²) in [6.45, 7) is 3.77. The molecule has 1 aliphatic rings. The Morgan fingerprint density at radius 2 is 1.94 bits per heavy atom. The molecule has 0 N–H and O–H groups in total. The SMILES string of the molecule is C=Cc1ccccc1N=C=NC1CCCCC1. The summed E-state index contributed by atoms with van der Waals surface area (Å²) >= 11 is 0. The molecule has 17 heavy (non-hydrogen) atoms. The molecule has 0 spiro atoms. The minimum atomic E-state index is 0.434. The molecule has 2 rings (SSSR count). The first-order valence-corrected chi connectivity index (χ1v) is 6.27. The maximum atomic E-state index is 4.40. The van der Waals surface area contributed by atoms with Crippen LogP contribution in [0, 0.1) is 0 Å². The largest absolute Gasteiger partial charge is 0.222 e. The Morgan fingerprint density at radius 3 is 2.71 bits per heavy atom. The van der Waals surface area contributed by atoms with Crippen molar-refractivity contribution in [2.75, 3.05) is 0 Å². The number of rotatable bonds is 3. The first kappa shape index (κ1) is 11.8. The zero-order valence-electron chi connectivity index (χ0n) is 10.1. The maximum absolute atomic E-state index is 4.40. The monoisotopic (exact) mass is 226 g/mol. The van der Waals surface area contributed by atoms with Crippen molar-refractivity contribution >= 4 is 17.8 Å². The lowest BCUT2D eigenvalue weighted by atomic mass is 9.96. The maximum Gasteiger partial charge on any atom is 0.0952 e. The van der Waals surface area contributed by atoms with E-state index >= 15 is 0 Å². The topological polar surface area (TPSA) is 24.7 Å². The minimum Gasteiger partial charge on any atom is -0.222 e. The molecule has 0 bridgehead atoms. The summed E-state index contributed by atoms with van der Waals surface area (Å²) in [6, 6.07) is 11.2. The molecule has 0 atom stereocenters. The molecule has 0 unspecified atom stereocenters. The smallest absolute Gasteiger partial charge is 0.0952 e. The van der Waals surface area contributed by atoms with Gasteiger partial charge < -0.3 is 0 Å². The van der Waals surface area contributed by atoms with Crippen LogP contribution in [0.1, 0.15) is 37.7 Å². The molecule has 0 heterocycles. The lowest BCUT2D eigenvalue weighted by Gasteiger charge is -2.15. The summed E-state index contributed by atoms with van der Waals surface area (Å²) in [5, 5.41) is 0. The molecule has 1 aliphatic carbocycles. The molecule has 2 nitrogen and oxygen atoms in total. The first-order valence-electron chi connectivity index (χ1n) is 6.27. The van der Waals surface area contributed by atoms with Gasteiger partial charge in [0, 0.05) is 5.56 Å². The molecule has 2 heteroatoms. The number of hydrogen-bond acceptors (Lipinski definition) is 2. The van der Waals surface area contributed by atoms with Crippen LogP contribution < -0.4 is 0 Å². The number of nitrogens with zero attached hydrogens (tertiary/aromatic N) is 2. The van der Waals surface area contributed by atoms with Gasteiger partial charge in [-0.2, -0.15) is 4.99 Å². The highest BCUT2D eigenvalue weighted by Crippen LogP contribution is 2.21.